The van der Waals surface area contributed by atoms with E-state index in [-0.39, 0.29) is 0 Å². The molecule has 0 unspecified atom stereocenters. The highest BCUT2D eigenvalue weighted by atomic mass is 16.5. The first-order valence-electron chi connectivity index (χ1n) is 4.30. The second-order valence-electron chi connectivity index (χ2n) is 3.32. The molecular weight excluding hydrogens is 140 g/mol. The van der Waals surface area contributed by atoms with Crippen molar-refractivity contribution in [3.8, 4) is 0 Å². The van der Waals surface area contributed by atoms with Crippen LogP contribution in [0.2, 0.25) is 0 Å². The predicted molar refractivity (Wildman–Crippen MR) is 43.6 cm³/mol. The van der Waals surface area contributed by atoms with Gasteiger partial charge in [0.05, 0.1) is 12.1 Å². The highest BCUT2D eigenvalue weighted by Gasteiger charge is 2.28. The van der Waals surface area contributed by atoms with Crippen molar-refractivity contribution in [3.05, 3.63) is 0 Å². The van der Waals surface area contributed by atoms with E-state index in [2.05, 4.69) is 4.99 Å². The molecule has 0 amide bonds. The number of nitrogens with zero attached hydrogens (tertiary/aromatic N) is 1. The van der Waals surface area contributed by atoms with E-state index in [1.807, 2.05) is 0 Å². The van der Waals surface area contributed by atoms with Gasteiger partial charge in [-0.05, 0) is 12.8 Å². The van der Waals surface area contributed by atoms with E-state index in [9.17, 15) is 0 Å². The normalized spacial score (nSPS) is 37.6. The monoisotopic (exact) mass is 154 g/mol. The molecule has 0 saturated heterocycles. The Morgan fingerprint density at radius 3 is 3.09 bits per heavy atom. The van der Waals surface area contributed by atoms with Crippen LogP contribution in [-0.4, -0.2) is 24.6 Å². The van der Waals surface area contributed by atoms with Gasteiger partial charge >= 0.3 is 0 Å². The van der Waals surface area contributed by atoms with Gasteiger partial charge < -0.3 is 10.5 Å². The largest absolute Gasteiger partial charge is 0.386 e. The lowest BCUT2D eigenvalue weighted by atomic mass is 9.92. The summed E-state index contributed by atoms with van der Waals surface area (Å²) in [5.41, 5.74) is 5.57. The molecule has 2 rings (SSSR count). The van der Waals surface area contributed by atoms with Crippen molar-refractivity contribution in [3.63, 3.8) is 0 Å². The van der Waals surface area contributed by atoms with Crippen LogP contribution in [0.15, 0.2) is 4.99 Å². The van der Waals surface area contributed by atoms with Crippen molar-refractivity contribution < 1.29 is 4.74 Å². The number of aliphatic imine (C=N–C) groups is 1. The number of rotatable bonds is 0. The minimum Gasteiger partial charge on any atom is -0.386 e. The average molecular weight is 154 g/mol. The maximum Gasteiger partial charge on any atom is 0.120 e. The minimum absolute atomic E-state index is 0.371. The van der Waals surface area contributed by atoms with Crippen molar-refractivity contribution in [2.75, 3.05) is 6.61 Å². The summed E-state index contributed by atoms with van der Waals surface area (Å²) in [6.07, 6.45) is 5.26. The molecule has 0 aromatic rings. The van der Waals surface area contributed by atoms with E-state index in [1.54, 1.807) is 0 Å². The Hall–Kier alpha value is -0.570. The second-order valence-corrected chi connectivity index (χ2v) is 3.32. The van der Waals surface area contributed by atoms with Crippen LogP contribution in [0.4, 0.5) is 0 Å². The van der Waals surface area contributed by atoms with Gasteiger partial charge in [0.25, 0.3) is 0 Å². The van der Waals surface area contributed by atoms with Crippen molar-refractivity contribution in [1.82, 2.24) is 0 Å². The second kappa shape index (κ2) is 2.81. The minimum atomic E-state index is 0.371. The Kier molecular flexibility index (Phi) is 1.82. The topological polar surface area (TPSA) is 47.6 Å². The van der Waals surface area contributed by atoms with Crippen LogP contribution in [-0.2, 0) is 4.74 Å². The summed E-state index contributed by atoms with van der Waals surface area (Å²) in [4.78, 5) is 4.37. The highest BCUT2D eigenvalue weighted by molar-refractivity contribution is 5.82. The van der Waals surface area contributed by atoms with Crippen LogP contribution in [0.3, 0.4) is 0 Å². The first-order chi connectivity index (χ1) is 5.36. The molecule has 2 N–H and O–H groups in total. The van der Waals surface area contributed by atoms with E-state index < -0.39 is 0 Å². The molecule has 1 heterocycles. The van der Waals surface area contributed by atoms with Crippen LogP contribution < -0.4 is 5.73 Å². The molecule has 1 aliphatic carbocycles. The van der Waals surface area contributed by atoms with Crippen LogP contribution in [0, 0.1) is 0 Å². The van der Waals surface area contributed by atoms with Gasteiger partial charge in [-0.25, -0.2) is 0 Å². The van der Waals surface area contributed by atoms with Crippen molar-refractivity contribution in [1.29, 1.82) is 0 Å². The summed E-state index contributed by atoms with van der Waals surface area (Å²) in [5.74, 6) is 0.674. The fourth-order valence-electron chi connectivity index (χ4n) is 1.86. The third kappa shape index (κ3) is 1.38. The number of amidine groups is 1. The quantitative estimate of drug-likeness (QED) is 0.558. The van der Waals surface area contributed by atoms with E-state index >= 15 is 0 Å². The lowest BCUT2D eigenvalue weighted by molar-refractivity contribution is 0.0277. The van der Waals surface area contributed by atoms with E-state index in [0.717, 1.165) is 6.42 Å². The van der Waals surface area contributed by atoms with Gasteiger partial charge in [-0.3, -0.25) is 4.99 Å². The summed E-state index contributed by atoms with van der Waals surface area (Å²) in [6, 6.07) is 0.373. The zero-order valence-corrected chi connectivity index (χ0v) is 6.62. The molecule has 2 atom stereocenters. The third-order valence-corrected chi connectivity index (χ3v) is 2.44. The maximum absolute atomic E-state index is 5.57. The molecule has 0 radical (unpaired) electrons. The number of ether oxygens (including phenoxy) is 1. The molecule has 1 saturated carbocycles. The maximum atomic E-state index is 5.57. The Morgan fingerprint density at radius 2 is 2.18 bits per heavy atom. The molecule has 62 valence electrons. The van der Waals surface area contributed by atoms with Crippen LogP contribution in [0.1, 0.15) is 25.7 Å². The molecule has 0 bridgehead atoms. The Balaban J connectivity index is 2.07. The summed E-state index contributed by atoms with van der Waals surface area (Å²) in [7, 11) is 0. The molecule has 0 aromatic carbocycles. The molecule has 1 fully saturated rings. The fraction of sp³-hybridized carbons (Fsp3) is 0.875. The van der Waals surface area contributed by atoms with Crippen LogP contribution in [0.25, 0.3) is 0 Å². The number of fused-ring (bicyclic) bond motifs is 1. The van der Waals surface area contributed by atoms with Gasteiger partial charge in [0, 0.05) is 0 Å². The molecule has 2 aliphatic rings. The summed E-state index contributed by atoms with van der Waals surface area (Å²) in [5, 5.41) is 0. The van der Waals surface area contributed by atoms with Crippen LogP contribution >= 0.6 is 0 Å². The number of hydrogen-bond acceptors (Lipinski definition) is 3. The summed E-state index contributed by atoms with van der Waals surface area (Å²) < 4.78 is 5.54. The molecule has 1 aliphatic heterocycles. The molecular formula is C8H14N2O. The van der Waals surface area contributed by atoms with E-state index in [4.69, 9.17) is 10.5 Å². The fourth-order valence-corrected chi connectivity index (χ4v) is 1.86. The summed E-state index contributed by atoms with van der Waals surface area (Å²) >= 11 is 0. The molecule has 0 spiro atoms. The SMILES string of the molecule is NC1=N[C@H]2CCCC[C@H]2OC1. The van der Waals surface area contributed by atoms with Gasteiger partial charge in [-0.1, -0.05) is 12.8 Å². The number of nitrogens with two attached hydrogens (primary N) is 1. The van der Waals surface area contributed by atoms with Gasteiger partial charge in [-0.2, -0.15) is 0 Å². The molecule has 0 aromatic heterocycles. The highest BCUT2D eigenvalue weighted by Crippen LogP contribution is 2.25. The summed E-state index contributed by atoms with van der Waals surface area (Å²) in [6.45, 7) is 0.543. The zero-order chi connectivity index (χ0) is 7.68. The van der Waals surface area contributed by atoms with Gasteiger partial charge in [0.2, 0.25) is 0 Å². The Labute approximate surface area is 66.6 Å². The molecule has 3 nitrogen and oxygen atoms in total. The van der Waals surface area contributed by atoms with Crippen molar-refractivity contribution in [2.45, 2.75) is 37.8 Å². The average Bonchev–Trinajstić information content (AvgIpc) is 2.04. The van der Waals surface area contributed by atoms with E-state index in [0.29, 0.717) is 24.6 Å². The smallest absolute Gasteiger partial charge is 0.120 e. The standard InChI is InChI=1S/C8H14N2O/c9-8-5-11-7-4-2-1-3-6(7)10-8/h6-7H,1-5H2,(H2,9,10)/t6-,7+/m0/s1. The predicted octanol–water partition coefficient (Wildman–Crippen LogP) is 0.685. The first-order valence-corrected chi connectivity index (χ1v) is 4.30. The van der Waals surface area contributed by atoms with Crippen molar-refractivity contribution in [2.24, 2.45) is 10.7 Å². The van der Waals surface area contributed by atoms with E-state index in [1.165, 1.54) is 19.3 Å². The lowest BCUT2D eigenvalue weighted by Gasteiger charge is -2.32. The third-order valence-electron chi connectivity index (χ3n) is 2.44. The number of hydrogen-bond donors (Lipinski definition) is 1. The first kappa shape index (κ1) is 7.10. The van der Waals surface area contributed by atoms with Crippen molar-refractivity contribution >= 4 is 5.84 Å². The van der Waals surface area contributed by atoms with Gasteiger partial charge in [0.1, 0.15) is 12.4 Å². The lowest BCUT2D eigenvalue weighted by Crippen LogP contribution is -2.40. The van der Waals surface area contributed by atoms with Gasteiger partial charge in [0.15, 0.2) is 0 Å². The molecule has 3 heteroatoms. The zero-order valence-electron chi connectivity index (χ0n) is 6.62. The Bertz CT molecular complexity index is 179. The van der Waals surface area contributed by atoms with Crippen LogP contribution in [0.5, 0.6) is 0 Å². The van der Waals surface area contributed by atoms with Gasteiger partial charge in [-0.15, -0.1) is 0 Å². The Morgan fingerprint density at radius 1 is 1.36 bits per heavy atom. The molecule has 11 heavy (non-hydrogen) atoms.